The molecule has 17 heavy (non-hydrogen) atoms. The van der Waals surface area contributed by atoms with E-state index in [-0.39, 0.29) is 6.04 Å². The monoisotopic (exact) mass is 251 g/mol. The van der Waals surface area contributed by atoms with Gasteiger partial charge in [0.25, 0.3) is 0 Å². The second kappa shape index (κ2) is 5.42. The minimum absolute atomic E-state index is 0.269. The molecule has 0 bridgehead atoms. The highest BCUT2D eigenvalue weighted by atomic mass is 32.1. The van der Waals surface area contributed by atoms with Gasteiger partial charge >= 0.3 is 0 Å². The van der Waals surface area contributed by atoms with Crippen molar-refractivity contribution in [2.24, 2.45) is 5.73 Å². The summed E-state index contributed by atoms with van der Waals surface area (Å²) in [6.45, 7) is 4.21. The molecule has 0 saturated heterocycles. The highest BCUT2D eigenvalue weighted by Crippen LogP contribution is 2.25. The number of thiophene rings is 1. The van der Waals surface area contributed by atoms with Gasteiger partial charge in [-0.15, -0.1) is 11.3 Å². The maximum absolute atomic E-state index is 6.12. The van der Waals surface area contributed by atoms with Gasteiger partial charge in [0.2, 0.25) is 5.89 Å². The lowest BCUT2D eigenvalue weighted by molar-refractivity contribution is 0.370. The second-order valence-corrected chi connectivity index (χ2v) is 5.13. The van der Waals surface area contributed by atoms with E-state index in [4.69, 9.17) is 10.3 Å². The van der Waals surface area contributed by atoms with Crippen LogP contribution in [-0.4, -0.2) is 10.1 Å². The van der Waals surface area contributed by atoms with Gasteiger partial charge in [0.15, 0.2) is 5.82 Å². The molecule has 0 aliphatic heterocycles. The lowest BCUT2D eigenvalue weighted by Gasteiger charge is -2.02. The molecule has 1 atom stereocenters. The highest BCUT2D eigenvalue weighted by molar-refractivity contribution is 7.12. The first kappa shape index (κ1) is 12.3. The number of rotatable bonds is 5. The Morgan fingerprint density at radius 2 is 2.24 bits per heavy atom. The maximum Gasteiger partial charge on any atom is 0.226 e. The van der Waals surface area contributed by atoms with Crippen LogP contribution in [-0.2, 0) is 12.8 Å². The molecule has 2 heterocycles. The Morgan fingerprint density at radius 1 is 1.41 bits per heavy atom. The van der Waals surface area contributed by atoms with Gasteiger partial charge in [0, 0.05) is 16.2 Å². The molecular weight excluding hydrogens is 234 g/mol. The molecule has 0 aromatic carbocycles. The van der Waals surface area contributed by atoms with Crippen molar-refractivity contribution in [1.29, 1.82) is 0 Å². The van der Waals surface area contributed by atoms with Crippen LogP contribution in [0.15, 0.2) is 16.7 Å². The molecule has 0 aliphatic carbocycles. The molecular formula is C12H17N3OS. The summed E-state index contributed by atoms with van der Waals surface area (Å²) in [6.07, 6.45) is 2.84. The number of aromatic nitrogens is 2. The molecule has 5 heteroatoms. The van der Waals surface area contributed by atoms with E-state index in [9.17, 15) is 0 Å². The molecule has 0 saturated carbocycles. The number of aryl methyl sites for hydroxylation is 2. The minimum atomic E-state index is -0.269. The Hall–Kier alpha value is -1.20. The van der Waals surface area contributed by atoms with Crippen molar-refractivity contribution in [3.8, 4) is 0 Å². The van der Waals surface area contributed by atoms with Gasteiger partial charge in [-0.25, -0.2) is 0 Å². The highest BCUT2D eigenvalue weighted by Gasteiger charge is 2.17. The fourth-order valence-corrected chi connectivity index (χ4v) is 2.54. The van der Waals surface area contributed by atoms with Crippen molar-refractivity contribution in [3.63, 3.8) is 0 Å². The Labute approximate surface area is 105 Å². The zero-order chi connectivity index (χ0) is 12.3. The molecule has 2 N–H and O–H groups in total. The standard InChI is InChI=1S/C12H17N3OS/c1-3-5-10-14-12(15-16-10)11(13)9-7-6-8(4-2)17-9/h6-7,11H,3-5,13H2,1-2H3. The van der Waals surface area contributed by atoms with Gasteiger partial charge < -0.3 is 10.3 Å². The average Bonchev–Trinajstić information content (AvgIpc) is 2.97. The van der Waals surface area contributed by atoms with Crippen LogP contribution in [0, 0.1) is 0 Å². The van der Waals surface area contributed by atoms with E-state index in [2.05, 4.69) is 30.1 Å². The van der Waals surface area contributed by atoms with Crippen molar-refractivity contribution < 1.29 is 4.52 Å². The summed E-state index contributed by atoms with van der Waals surface area (Å²) in [7, 11) is 0. The molecule has 4 nitrogen and oxygen atoms in total. The topological polar surface area (TPSA) is 64.9 Å². The quantitative estimate of drug-likeness (QED) is 0.887. The van der Waals surface area contributed by atoms with Gasteiger partial charge in [0.1, 0.15) is 6.04 Å². The molecule has 92 valence electrons. The van der Waals surface area contributed by atoms with Crippen LogP contribution in [0.25, 0.3) is 0 Å². The number of hydrogen-bond acceptors (Lipinski definition) is 5. The average molecular weight is 251 g/mol. The van der Waals surface area contributed by atoms with E-state index in [1.54, 1.807) is 11.3 Å². The van der Waals surface area contributed by atoms with Crippen LogP contribution in [0.1, 0.15) is 47.8 Å². The first-order valence-corrected chi connectivity index (χ1v) is 6.72. The fraction of sp³-hybridized carbons (Fsp3) is 0.500. The lowest BCUT2D eigenvalue weighted by Crippen LogP contribution is -2.12. The molecule has 0 amide bonds. The van der Waals surface area contributed by atoms with Gasteiger partial charge in [-0.05, 0) is 25.0 Å². The Bertz CT molecular complexity index is 478. The molecule has 2 aromatic rings. The van der Waals surface area contributed by atoms with Crippen molar-refractivity contribution >= 4 is 11.3 Å². The van der Waals surface area contributed by atoms with E-state index < -0.39 is 0 Å². The van der Waals surface area contributed by atoms with Crippen molar-refractivity contribution in [2.45, 2.75) is 39.2 Å². The fourth-order valence-electron chi connectivity index (χ4n) is 1.59. The summed E-state index contributed by atoms with van der Waals surface area (Å²) in [5.41, 5.74) is 6.12. The first-order valence-electron chi connectivity index (χ1n) is 5.91. The van der Waals surface area contributed by atoms with Crippen LogP contribution < -0.4 is 5.73 Å². The van der Waals surface area contributed by atoms with E-state index in [1.807, 2.05) is 6.07 Å². The SMILES string of the molecule is CCCc1nc(C(N)c2ccc(CC)s2)no1. The van der Waals surface area contributed by atoms with E-state index >= 15 is 0 Å². The third kappa shape index (κ3) is 2.73. The van der Waals surface area contributed by atoms with Gasteiger partial charge in [-0.3, -0.25) is 0 Å². The number of nitrogens with two attached hydrogens (primary N) is 1. The Morgan fingerprint density at radius 3 is 2.88 bits per heavy atom. The number of nitrogens with zero attached hydrogens (tertiary/aromatic N) is 2. The Balaban J connectivity index is 2.14. The molecule has 0 spiro atoms. The Kier molecular flexibility index (Phi) is 3.91. The largest absolute Gasteiger partial charge is 0.339 e. The van der Waals surface area contributed by atoms with Crippen molar-refractivity contribution in [3.05, 3.63) is 33.6 Å². The summed E-state index contributed by atoms with van der Waals surface area (Å²) >= 11 is 1.71. The molecule has 0 fully saturated rings. The summed E-state index contributed by atoms with van der Waals surface area (Å²) in [4.78, 5) is 6.73. The molecule has 0 aliphatic rings. The predicted molar refractivity (Wildman–Crippen MR) is 68.0 cm³/mol. The zero-order valence-electron chi connectivity index (χ0n) is 10.1. The summed E-state index contributed by atoms with van der Waals surface area (Å²) in [6, 6.07) is 3.88. The lowest BCUT2D eigenvalue weighted by atomic mass is 10.2. The van der Waals surface area contributed by atoms with Gasteiger partial charge in [0.05, 0.1) is 0 Å². The summed E-state index contributed by atoms with van der Waals surface area (Å²) < 4.78 is 5.14. The predicted octanol–water partition coefficient (Wildman–Crippen LogP) is 2.69. The van der Waals surface area contributed by atoms with Crippen LogP contribution in [0.2, 0.25) is 0 Å². The van der Waals surface area contributed by atoms with Crippen LogP contribution in [0.3, 0.4) is 0 Å². The minimum Gasteiger partial charge on any atom is -0.339 e. The summed E-state index contributed by atoms with van der Waals surface area (Å²) in [5.74, 6) is 1.25. The molecule has 0 radical (unpaired) electrons. The van der Waals surface area contributed by atoms with Crippen LogP contribution in [0.4, 0.5) is 0 Å². The van der Waals surface area contributed by atoms with E-state index in [0.717, 1.165) is 24.1 Å². The van der Waals surface area contributed by atoms with Crippen molar-refractivity contribution in [2.75, 3.05) is 0 Å². The van der Waals surface area contributed by atoms with Crippen LogP contribution in [0.5, 0.6) is 0 Å². The number of hydrogen-bond donors (Lipinski definition) is 1. The first-order chi connectivity index (χ1) is 8.24. The third-order valence-corrected chi connectivity index (χ3v) is 3.88. The zero-order valence-corrected chi connectivity index (χ0v) is 11.0. The molecule has 1 unspecified atom stereocenters. The second-order valence-electron chi connectivity index (χ2n) is 3.93. The smallest absolute Gasteiger partial charge is 0.226 e. The van der Waals surface area contributed by atoms with E-state index in [0.29, 0.717) is 11.7 Å². The maximum atomic E-state index is 6.12. The normalized spacial score (nSPS) is 12.9. The van der Waals surface area contributed by atoms with Crippen LogP contribution >= 0.6 is 11.3 Å². The van der Waals surface area contributed by atoms with Gasteiger partial charge in [-0.1, -0.05) is 19.0 Å². The van der Waals surface area contributed by atoms with Crippen molar-refractivity contribution in [1.82, 2.24) is 10.1 Å². The third-order valence-electron chi connectivity index (χ3n) is 2.56. The van der Waals surface area contributed by atoms with E-state index in [1.165, 1.54) is 4.88 Å². The van der Waals surface area contributed by atoms with Gasteiger partial charge in [-0.2, -0.15) is 4.98 Å². The molecule has 2 rings (SSSR count). The molecule has 2 aromatic heterocycles. The summed E-state index contributed by atoms with van der Waals surface area (Å²) in [5, 5.41) is 3.94.